The number of aliphatic hydroxyl groups excluding tert-OH is 2. The highest BCUT2D eigenvalue weighted by molar-refractivity contribution is 5.68. The Kier molecular flexibility index (Phi) is 4.99. The van der Waals surface area contributed by atoms with Crippen molar-refractivity contribution in [3.8, 4) is 0 Å². The van der Waals surface area contributed by atoms with Crippen LogP contribution in [0.4, 0.5) is 4.79 Å². The molecule has 0 aromatic rings. The minimum atomic E-state index is -0.507. The molecule has 0 bridgehead atoms. The third-order valence-corrected chi connectivity index (χ3v) is 2.99. The van der Waals surface area contributed by atoms with E-state index in [1.807, 2.05) is 20.8 Å². The van der Waals surface area contributed by atoms with Gasteiger partial charge >= 0.3 is 6.09 Å². The van der Waals surface area contributed by atoms with E-state index in [9.17, 15) is 15.0 Å². The van der Waals surface area contributed by atoms with Gasteiger partial charge in [0.2, 0.25) is 0 Å². The van der Waals surface area contributed by atoms with Crippen LogP contribution in [0.25, 0.3) is 0 Å². The molecule has 0 aliphatic carbocycles. The van der Waals surface area contributed by atoms with Crippen molar-refractivity contribution in [2.24, 2.45) is 5.92 Å². The molecule has 1 aliphatic rings. The normalized spacial score (nSPS) is 26.9. The standard InChI is InChI=1S/C13H25NO4/c1-9(15)7-10-8-14(6-5-11(10)16)12(17)18-13(2,3)4/h9-11,15-16H,5-8H2,1-4H3. The summed E-state index contributed by atoms with van der Waals surface area (Å²) >= 11 is 0. The molecule has 3 unspecified atom stereocenters. The van der Waals surface area contributed by atoms with E-state index < -0.39 is 17.8 Å². The van der Waals surface area contributed by atoms with E-state index in [1.54, 1.807) is 11.8 Å². The Morgan fingerprint density at radius 3 is 2.61 bits per heavy atom. The van der Waals surface area contributed by atoms with Crippen LogP contribution in [0.2, 0.25) is 0 Å². The molecule has 3 atom stereocenters. The Morgan fingerprint density at radius 1 is 1.50 bits per heavy atom. The maximum Gasteiger partial charge on any atom is 0.410 e. The minimum Gasteiger partial charge on any atom is -0.444 e. The van der Waals surface area contributed by atoms with Gasteiger partial charge in [-0.2, -0.15) is 0 Å². The highest BCUT2D eigenvalue weighted by atomic mass is 16.6. The molecule has 1 aliphatic heterocycles. The number of likely N-dealkylation sites (tertiary alicyclic amines) is 1. The molecule has 5 nitrogen and oxygen atoms in total. The van der Waals surface area contributed by atoms with E-state index in [1.165, 1.54) is 0 Å². The summed E-state index contributed by atoms with van der Waals surface area (Å²) in [6.45, 7) is 8.14. The second-order valence-electron chi connectivity index (χ2n) is 6.13. The van der Waals surface area contributed by atoms with E-state index >= 15 is 0 Å². The molecular weight excluding hydrogens is 234 g/mol. The fraction of sp³-hybridized carbons (Fsp3) is 0.923. The van der Waals surface area contributed by atoms with Crippen molar-refractivity contribution in [1.82, 2.24) is 4.90 Å². The number of amides is 1. The van der Waals surface area contributed by atoms with Crippen LogP contribution in [0.15, 0.2) is 0 Å². The van der Waals surface area contributed by atoms with Gasteiger partial charge in [-0.15, -0.1) is 0 Å². The first kappa shape index (κ1) is 15.2. The molecule has 0 saturated carbocycles. The minimum absolute atomic E-state index is 0.0775. The summed E-state index contributed by atoms with van der Waals surface area (Å²) in [5.41, 5.74) is -0.507. The fourth-order valence-corrected chi connectivity index (χ4v) is 2.18. The van der Waals surface area contributed by atoms with Crippen molar-refractivity contribution in [3.05, 3.63) is 0 Å². The first-order valence-electron chi connectivity index (χ1n) is 6.53. The first-order chi connectivity index (χ1) is 8.19. The maximum atomic E-state index is 11.9. The molecular formula is C13H25NO4. The molecule has 0 radical (unpaired) electrons. The van der Waals surface area contributed by atoms with E-state index in [4.69, 9.17) is 4.74 Å². The van der Waals surface area contributed by atoms with E-state index in [0.29, 0.717) is 25.9 Å². The van der Waals surface area contributed by atoms with Gasteiger partial charge in [0.05, 0.1) is 12.2 Å². The quantitative estimate of drug-likeness (QED) is 0.786. The van der Waals surface area contributed by atoms with Crippen LogP contribution in [0.5, 0.6) is 0 Å². The molecule has 1 saturated heterocycles. The SMILES string of the molecule is CC(O)CC1CN(C(=O)OC(C)(C)C)CCC1O. The summed E-state index contributed by atoms with van der Waals surface area (Å²) in [6.07, 6.45) is -0.219. The van der Waals surface area contributed by atoms with Gasteiger partial charge in [-0.05, 0) is 40.5 Å². The van der Waals surface area contributed by atoms with Crippen molar-refractivity contribution in [2.75, 3.05) is 13.1 Å². The number of nitrogens with zero attached hydrogens (tertiary/aromatic N) is 1. The highest BCUT2D eigenvalue weighted by Crippen LogP contribution is 2.23. The van der Waals surface area contributed by atoms with Crippen LogP contribution >= 0.6 is 0 Å². The lowest BCUT2D eigenvalue weighted by Crippen LogP contribution is -2.48. The number of rotatable bonds is 2. The second kappa shape index (κ2) is 5.89. The Hall–Kier alpha value is -0.810. The predicted octanol–water partition coefficient (Wildman–Crippen LogP) is 1.38. The zero-order chi connectivity index (χ0) is 13.9. The summed E-state index contributed by atoms with van der Waals surface area (Å²) in [4.78, 5) is 13.5. The van der Waals surface area contributed by atoms with Gasteiger partial charge in [0.1, 0.15) is 5.60 Å². The van der Waals surface area contributed by atoms with Gasteiger partial charge in [0.25, 0.3) is 0 Å². The summed E-state index contributed by atoms with van der Waals surface area (Å²) in [5.74, 6) is -0.0775. The van der Waals surface area contributed by atoms with Crippen LogP contribution in [-0.4, -0.2) is 52.1 Å². The lowest BCUT2D eigenvalue weighted by Gasteiger charge is -2.37. The highest BCUT2D eigenvalue weighted by Gasteiger charge is 2.32. The smallest absolute Gasteiger partial charge is 0.410 e. The van der Waals surface area contributed by atoms with Crippen molar-refractivity contribution in [2.45, 2.75) is 58.3 Å². The van der Waals surface area contributed by atoms with Gasteiger partial charge < -0.3 is 19.8 Å². The monoisotopic (exact) mass is 259 g/mol. The van der Waals surface area contributed by atoms with Crippen LogP contribution < -0.4 is 0 Å². The summed E-state index contributed by atoms with van der Waals surface area (Å²) in [7, 11) is 0. The van der Waals surface area contributed by atoms with Gasteiger partial charge in [-0.25, -0.2) is 4.79 Å². The molecule has 0 aromatic carbocycles. The molecule has 18 heavy (non-hydrogen) atoms. The molecule has 1 heterocycles. The average Bonchev–Trinajstić information content (AvgIpc) is 2.17. The van der Waals surface area contributed by atoms with Crippen LogP contribution in [-0.2, 0) is 4.74 Å². The fourth-order valence-electron chi connectivity index (χ4n) is 2.18. The van der Waals surface area contributed by atoms with E-state index in [-0.39, 0.29) is 12.0 Å². The largest absolute Gasteiger partial charge is 0.444 e. The number of ether oxygens (including phenoxy) is 1. The Balaban J connectivity index is 2.56. The van der Waals surface area contributed by atoms with E-state index in [0.717, 1.165) is 0 Å². The average molecular weight is 259 g/mol. The Bertz CT molecular complexity index is 285. The molecule has 0 aromatic heterocycles. The van der Waals surface area contributed by atoms with Crippen LogP contribution in [0.1, 0.15) is 40.5 Å². The Morgan fingerprint density at radius 2 is 2.11 bits per heavy atom. The van der Waals surface area contributed by atoms with Crippen molar-refractivity contribution in [1.29, 1.82) is 0 Å². The molecule has 1 fully saturated rings. The van der Waals surface area contributed by atoms with Crippen molar-refractivity contribution >= 4 is 6.09 Å². The predicted molar refractivity (Wildman–Crippen MR) is 68.2 cm³/mol. The van der Waals surface area contributed by atoms with Gasteiger partial charge in [-0.1, -0.05) is 0 Å². The van der Waals surface area contributed by atoms with Crippen LogP contribution in [0.3, 0.4) is 0 Å². The molecule has 5 heteroatoms. The lowest BCUT2D eigenvalue weighted by atomic mass is 9.90. The molecule has 0 spiro atoms. The maximum absolute atomic E-state index is 11.9. The number of carbonyl (C=O) groups is 1. The van der Waals surface area contributed by atoms with Crippen LogP contribution in [0, 0.1) is 5.92 Å². The number of carbonyl (C=O) groups excluding carboxylic acids is 1. The third kappa shape index (κ3) is 4.82. The number of hydrogen-bond acceptors (Lipinski definition) is 4. The summed E-state index contributed by atoms with van der Waals surface area (Å²) in [6, 6.07) is 0. The van der Waals surface area contributed by atoms with Crippen molar-refractivity contribution in [3.63, 3.8) is 0 Å². The summed E-state index contributed by atoms with van der Waals surface area (Å²) in [5, 5.41) is 19.2. The number of hydrogen-bond donors (Lipinski definition) is 2. The molecule has 1 amide bonds. The number of aliphatic hydroxyl groups is 2. The first-order valence-corrected chi connectivity index (χ1v) is 6.53. The second-order valence-corrected chi connectivity index (χ2v) is 6.13. The Labute approximate surface area is 109 Å². The molecule has 2 N–H and O–H groups in total. The summed E-state index contributed by atoms with van der Waals surface area (Å²) < 4.78 is 5.31. The van der Waals surface area contributed by atoms with Gasteiger partial charge in [-0.3, -0.25) is 0 Å². The topological polar surface area (TPSA) is 70.0 Å². The zero-order valence-electron chi connectivity index (χ0n) is 11.7. The van der Waals surface area contributed by atoms with Gasteiger partial charge in [0.15, 0.2) is 0 Å². The number of piperidine rings is 1. The third-order valence-electron chi connectivity index (χ3n) is 2.99. The zero-order valence-corrected chi connectivity index (χ0v) is 11.7. The lowest BCUT2D eigenvalue weighted by molar-refractivity contribution is -0.0184. The molecule has 106 valence electrons. The van der Waals surface area contributed by atoms with Gasteiger partial charge in [0, 0.05) is 19.0 Å². The van der Waals surface area contributed by atoms with Crippen molar-refractivity contribution < 1.29 is 19.7 Å². The van der Waals surface area contributed by atoms with E-state index in [2.05, 4.69) is 0 Å². The molecule has 1 rings (SSSR count).